The van der Waals surface area contributed by atoms with E-state index in [0.717, 1.165) is 70.4 Å². The Morgan fingerprint density at radius 1 is 1.07 bits per heavy atom. The first-order valence-corrected chi connectivity index (χ1v) is 11.1. The van der Waals surface area contributed by atoms with Crippen LogP contribution in [0.25, 0.3) is 0 Å². The van der Waals surface area contributed by atoms with E-state index in [1.165, 1.54) is 0 Å². The molecule has 0 spiro atoms. The van der Waals surface area contributed by atoms with E-state index in [9.17, 15) is 9.59 Å². The van der Waals surface area contributed by atoms with Crippen LogP contribution in [0.4, 0.5) is 0 Å². The Morgan fingerprint density at radius 2 is 1.90 bits per heavy atom. The number of hydrogen-bond acceptors (Lipinski definition) is 5. The standard InChI is InChI=1S/C22H33N5O2/c28-21(25-18-6-7-18)16-26-12-8-20(9-13-26)27-11-3-4-17(15-27)22(29)24-14-19-5-1-2-10-23-19/h1-2,5,10,17-18,20H,3-4,6-9,11-16H2,(H,24,29)(H,25,28)/t17-/m1/s1. The first-order valence-electron chi connectivity index (χ1n) is 11.1. The maximum Gasteiger partial charge on any atom is 0.234 e. The number of likely N-dealkylation sites (tertiary alicyclic amines) is 2. The summed E-state index contributed by atoms with van der Waals surface area (Å²) in [5, 5.41) is 6.14. The predicted octanol–water partition coefficient (Wildman–Crippen LogP) is 1.15. The van der Waals surface area contributed by atoms with Crippen LogP contribution in [0, 0.1) is 5.92 Å². The summed E-state index contributed by atoms with van der Waals surface area (Å²) in [5.41, 5.74) is 0.895. The Morgan fingerprint density at radius 3 is 2.62 bits per heavy atom. The lowest BCUT2D eigenvalue weighted by Gasteiger charge is -2.41. The second-order valence-electron chi connectivity index (χ2n) is 8.72. The second kappa shape index (κ2) is 9.67. The molecular formula is C22H33N5O2. The lowest BCUT2D eigenvalue weighted by molar-refractivity contribution is -0.127. The molecule has 3 heterocycles. The molecule has 1 aliphatic carbocycles. The Hall–Kier alpha value is -1.99. The monoisotopic (exact) mass is 399 g/mol. The Bertz CT molecular complexity index is 686. The van der Waals surface area contributed by atoms with Gasteiger partial charge in [0.25, 0.3) is 0 Å². The van der Waals surface area contributed by atoms with Crippen molar-refractivity contribution in [1.82, 2.24) is 25.4 Å². The van der Waals surface area contributed by atoms with Gasteiger partial charge in [0.2, 0.25) is 11.8 Å². The normalized spacial score (nSPS) is 24.2. The van der Waals surface area contributed by atoms with Crippen molar-refractivity contribution in [3.8, 4) is 0 Å². The minimum absolute atomic E-state index is 0.0646. The summed E-state index contributed by atoms with van der Waals surface area (Å²) < 4.78 is 0. The van der Waals surface area contributed by atoms with Crippen molar-refractivity contribution in [3.63, 3.8) is 0 Å². The van der Waals surface area contributed by atoms with Crippen LogP contribution in [-0.4, -0.2) is 71.4 Å². The maximum absolute atomic E-state index is 12.6. The third-order valence-corrected chi connectivity index (χ3v) is 6.38. The van der Waals surface area contributed by atoms with Gasteiger partial charge in [0.05, 0.1) is 24.7 Å². The molecule has 4 rings (SSSR count). The second-order valence-corrected chi connectivity index (χ2v) is 8.72. The number of carbonyl (C=O) groups is 2. The van der Waals surface area contributed by atoms with Crippen LogP contribution in [0.5, 0.6) is 0 Å². The summed E-state index contributed by atoms with van der Waals surface area (Å²) in [7, 11) is 0. The highest BCUT2D eigenvalue weighted by atomic mass is 16.2. The number of amides is 2. The first kappa shape index (κ1) is 20.3. The highest BCUT2D eigenvalue weighted by Gasteiger charge is 2.32. The summed E-state index contributed by atoms with van der Waals surface area (Å²) in [5.74, 6) is 0.387. The van der Waals surface area contributed by atoms with E-state index >= 15 is 0 Å². The summed E-state index contributed by atoms with van der Waals surface area (Å²) in [6.07, 6.45) is 8.24. The molecule has 2 N–H and O–H groups in total. The Labute approximate surface area is 173 Å². The molecule has 29 heavy (non-hydrogen) atoms. The van der Waals surface area contributed by atoms with Gasteiger partial charge in [-0.1, -0.05) is 6.07 Å². The Balaban J connectivity index is 1.19. The highest BCUT2D eigenvalue weighted by molar-refractivity contribution is 5.79. The van der Waals surface area contributed by atoms with Crippen molar-refractivity contribution in [2.24, 2.45) is 5.92 Å². The number of aromatic nitrogens is 1. The Kier molecular flexibility index (Phi) is 6.77. The minimum Gasteiger partial charge on any atom is -0.352 e. The van der Waals surface area contributed by atoms with Crippen LogP contribution in [0.15, 0.2) is 24.4 Å². The molecule has 158 valence electrons. The topological polar surface area (TPSA) is 77.6 Å². The fraction of sp³-hybridized carbons (Fsp3) is 0.682. The molecule has 2 saturated heterocycles. The van der Waals surface area contributed by atoms with E-state index in [0.29, 0.717) is 25.2 Å². The van der Waals surface area contributed by atoms with E-state index in [-0.39, 0.29) is 17.7 Å². The van der Waals surface area contributed by atoms with Gasteiger partial charge in [0.15, 0.2) is 0 Å². The fourth-order valence-corrected chi connectivity index (χ4v) is 4.52. The minimum atomic E-state index is 0.0646. The van der Waals surface area contributed by atoms with Crippen molar-refractivity contribution in [1.29, 1.82) is 0 Å². The maximum atomic E-state index is 12.6. The molecule has 1 aromatic rings. The van der Waals surface area contributed by atoms with E-state index in [2.05, 4.69) is 25.4 Å². The van der Waals surface area contributed by atoms with Crippen molar-refractivity contribution in [3.05, 3.63) is 30.1 Å². The summed E-state index contributed by atoms with van der Waals surface area (Å²) in [4.78, 5) is 33.7. The van der Waals surface area contributed by atoms with E-state index in [4.69, 9.17) is 0 Å². The van der Waals surface area contributed by atoms with Crippen molar-refractivity contribution in [2.75, 3.05) is 32.7 Å². The quantitative estimate of drug-likeness (QED) is 0.719. The summed E-state index contributed by atoms with van der Waals surface area (Å²) in [6.45, 7) is 4.89. The largest absolute Gasteiger partial charge is 0.352 e. The van der Waals surface area contributed by atoms with Crippen molar-refractivity contribution < 1.29 is 9.59 Å². The van der Waals surface area contributed by atoms with Gasteiger partial charge in [-0.05, 0) is 57.2 Å². The highest BCUT2D eigenvalue weighted by Crippen LogP contribution is 2.24. The molecule has 1 aromatic heterocycles. The van der Waals surface area contributed by atoms with Crippen molar-refractivity contribution in [2.45, 2.75) is 57.2 Å². The molecule has 0 aromatic carbocycles. The number of carbonyl (C=O) groups excluding carboxylic acids is 2. The van der Waals surface area contributed by atoms with Crippen LogP contribution < -0.4 is 10.6 Å². The van der Waals surface area contributed by atoms with Gasteiger partial charge in [0.1, 0.15) is 0 Å². The van der Waals surface area contributed by atoms with Gasteiger partial charge in [-0.3, -0.25) is 24.4 Å². The van der Waals surface area contributed by atoms with Crippen LogP contribution >= 0.6 is 0 Å². The van der Waals surface area contributed by atoms with Crippen LogP contribution in [0.2, 0.25) is 0 Å². The third kappa shape index (κ3) is 6.00. The lowest BCUT2D eigenvalue weighted by atomic mass is 9.93. The number of piperidine rings is 2. The zero-order valence-electron chi connectivity index (χ0n) is 17.2. The molecule has 3 aliphatic rings. The van der Waals surface area contributed by atoms with Crippen LogP contribution in [0.1, 0.15) is 44.2 Å². The zero-order chi connectivity index (χ0) is 20.1. The third-order valence-electron chi connectivity index (χ3n) is 6.38. The average Bonchev–Trinajstić information content (AvgIpc) is 3.57. The summed E-state index contributed by atoms with van der Waals surface area (Å²) in [6, 6.07) is 6.73. The average molecular weight is 400 g/mol. The number of nitrogens with one attached hydrogen (secondary N) is 2. The van der Waals surface area contributed by atoms with Crippen LogP contribution in [-0.2, 0) is 16.1 Å². The molecule has 0 bridgehead atoms. The zero-order valence-corrected chi connectivity index (χ0v) is 17.2. The number of nitrogens with zero attached hydrogens (tertiary/aromatic N) is 3. The molecule has 0 radical (unpaired) electrons. The van der Waals surface area contributed by atoms with E-state index in [1.54, 1.807) is 6.20 Å². The smallest absolute Gasteiger partial charge is 0.234 e. The molecular weight excluding hydrogens is 366 g/mol. The van der Waals surface area contributed by atoms with Gasteiger partial charge in [-0.15, -0.1) is 0 Å². The summed E-state index contributed by atoms with van der Waals surface area (Å²) >= 11 is 0. The molecule has 2 aliphatic heterocycles. The van der Waals surface area contributed by atoms with Gasteiger partial charge in [-0.2, -0.15) is 0 Å². The van der Waals surface area contributed by atoms with Crippen molar-refractivity contribution >= 4 is 11.8 Å². The first-order chi connectivity index (χ1) is 14.2. The molecule has 1 saturated carbocycles. The number of hydrogen-bond donors (Lipinski definition) is 2. The van der Waals surface area contributed by atoms with Gasteiger partial charge in [-0.25, -0.2) is 0 Å². The molecule has 2 amide bonds. The molecule has 3 fully saturated rings. The molecule has 0 unspecified atom stereocenters. The van der Waals surface area contributed by atoms with Gasteiger partial charge < -0.3 is 10.6 Å². The lowest BCUT2D eigenvalue weighted by Crippen LogP contribution is -2.51. The number of rotatable bonds is 7. The molecule has 7 nitrogen and oxygen atoms in total. The molecule has 1 atom stereocenters. The van der Waals surface area contributed by atoms with E-state index < -0.39 is 0 Å². The van der Waals surface area contributed by atoms with Gasteiger partial charge >= 0.3 is 0 Å². The van der Waals surface area contributed by atoms with Crippen LogP contribution in [0.3, 0.4) is 0 Å². The predicted molar refractivity (Wildman–Crippen MR) is 111 cm³/mol. The SMILES string of the molecule is O=C(CN1CCC(N2CCC[C@@H](C(=O)NCc3ccccn3)C2)CC1)NC1CC1. The number of pyridine rings is 1. The van der Waals surface area contributed by atoms with Gasteiger partial charge in [0, 0.05) is 37.9 Å². The van der Waals surface area contributed by atoms with E-state index in [1.807, 2.05) is 18.2 Å². The molecule has 7 heteroatoms. The fourth-order valence-electron chi connectivity index (χ4n) is 4.52.